The second kappa shape index (κ2) is 7.14. The van der Waals surface area contributed by atoms with Crippen LogP contribution < -0.4 is 10.1 Å². The molecule has 2 aromatic rings. The molecule has 21 heavy (non-hydrogen) atoms. The maximum Gasteiger partial charge on any atom is 0.261 e. The van der Waals surface area contributed by atoms with Crippen LogP contribution in [-0.2, 0) is 4.79 Å². The lowest BCUT2D eigenvalue weighted by atomic mass is 10.1. The first-order chi connectivity index (χ1) is 10.1. The molecule has 1 amide bonds. The number of carbonyl (C=O) groups excluding carboxylic acids is 1. The molecule has 0 fully saturated rings. The second-order valence-corrected chi connectivity index (χ2v) is 5.24. The highest BCUT2D eigenvalue weighted by Crippen LogP contribution is 2.24. The van der Waals surface area contributed by atoms with Gasteiger partial charge in [0.05, 0.1) is 11.1 Å². The highest BCUT2D eigenvalue weighted by Gasteiger charge is 2.18. The van der Waals surface area contributed by atoms with Crippen molar-refractivity contribution in [3.63, 3.8) is 0 Å². The SMILES string of the molecule is C[C@H](NC(=O)[C@@H](C)Oc1ccccc1Cl)c1ccccc1. The summed E-state index contributed by atoms with van der Waals surface area (Å²) in [6.45, 7) is 3.64. The summed E-state index contributed by atoms with van der Waals surface area (Å²) in [5, 5.41) is 3.42. The van der Waals surface area contributed by atoms with Crippen LogP contribution in [0.25, 0.3) is 0 Å². The van der Waals surface area contributed by atoms with E-state index in [0.717, 1.165) is 5.56 Å². The van der Waals surface area contributed by atoms with Crippen molar-refractivity contribution in [1.82, 2.24) is 5.32 Å². The predicted octanol–water partition coefficient (Wildman–Crippen LogP) is 3.98. The van der Waals surface area contributed by atoms with Gasteiger partial charge >= 0.3 is 0 Å². The van der Waals surface area contributed by atoms with Crippen molar-refractivity contribution in [2.75, 3.05) is 0 Å². The molecule has 0 saturated carbocycles. The number of benzene rings is 2. The number of ether oxygens (including phenoxy) is 1. The van der Waals surface area contributed by atoms with Gasteiger partial charge in [-0.05, 0) is 31.5 Å². The smallest absolute Gasteiger partial charge is 0.261 e. The summed E-state index contributed by atoms with van der Waals surface area (Å²) >= 11 is 6.02. The van der Waals surface area contributed by atoms with Crippen LogP contribution in [0.2, 0.25) is 5.02 Å². The Balaban J connectivity index is 1.95. The van der Waals surface area contributed by atoms with Gasteiger partial charge in [0.15, 0.2) is 6.10 Å². The molecule has 0 aliphatic rings. The van der Waals surface area contributed by atoms with Crippen LogP contribution >= 0.6 is 11.6 Å². The van der Waals surface area contributed by atoms with Crippen molar-refractivity contribution in [3.8, 4) is 5.75 Å². The summed E-state index contributed by atoms with van der Waals surface area (Å²) in [5.74, 6) is 0.334. The molecule has 3 nitrogen and oxygen atoms in total. The molecule has 0 aromatic heterocycles. The quantitative estimate of drug-likeness (QED) is 0.907. The first-order valence-corrected chi connectivity index (χ1v) is 7.22. The molecule has 1 N–H and O–H groups in total. The average Bonchev–Trinajstić information content (AvgIpc) is 2.50. The van der Waals surface area contributed by atoms with E-state index in [-0.39, 0.29) is 11.9 Å². The van der Waals surface area contributed by atoms with Crippen molar-refractivity contribution in [2.24, 2.45) is 0 Å². The number of halogens is 1. The van der Waals surface area contributed by atoms with Gasteiger partial charge < -0.3 is 10.1 Å². The van der Waals surface area contributed by atoms with E-state index in [2.05, 4.69) is 5.32 Å². The summed E-state index contributed by atoms with van der Waals surface area (Å²) in [6.07, 6.45) is -0.615. The van der Waals surface area contributed by atoms with Gasteiger partial charge in [-0.3, -0.25) is 4.79 Å². The molecule has 0 bridgehead atoms. The predicted molar refractivity (Wildman–Crippen MR) is 84.5 cm³/mol. The van der Waals surface area contributed by atoms with E-state index < -0.39 is 6.10 Å². The molecule has 2 aromatic carbocycles. The Kier molecular flexibility index (Phi) is 5.23. The monoisotopic (exact) mass is 303 g/mol. The van der Waals surface area contributed by atoms with Crippen LogP contribution in [0.1, 0.15) is 25.5 Å². The third-order valence-electron chi connectivity index (χ3n) is 3.17. The summed E-state index contributed by atoms with van der Waals surface area (Å²) in [7, 11) is 0. The van der Waals surface area contributed by atoms with Crippen LogP contribution in [-0.4, -0.2) is 12.0 Å². The molecule has 0 saturated heterocycles. The first kappa shape index (κ1) is 15.4. The lowest BCUT2D eigenvalue weighted by molar-refractivity contribution is -0.127. The Morgan fingerprint density at radius 2 is 1.67 bits per heavy atom. The van der Waals surface area contributed by atoms with Crippen molar-refractivity contribution in [3.05, 3.63) is 65.2 Å². The molecule has 2 rings (SSSR count). The fraction of sp³-hybridized carbons (Fsp3) is 0.235. The van der Waals surface area contributed by atoms with Crippen LogP contribution in [0.5, 0.6) is 5.75 Å². The molecule has 0 aliphatic heterocycles. The molecular formula is C17H18ClNO2. The van der Waals surface area contributed by atoms with E-state index in [9.17, 15) is 4.79 Å². The van der Waals surface area contributed by atoms with E-state index >= 15 is 0 Å². The van der Waals surface area contributed by atoms with Crippen molar-refractivity contribution < 1.29 is 9.53 Å². The molecule has 2 atom stereocenters. The van der Waals surface area contributed by atoms with Crippen LogP contribution in [0, 0.1) is 0 Å². The Labute approximate surface area is 129 Å². The zero-order valence-corrected chi connectivity index (χ0v) is 12.8. The fourth-order valence-electron chi connectivity index (χ4n) is 1.94. The molecule has 0 spiro atoms. The van der Waals surface area contributed by atoms with Crippen LogP contribution in [0.4, 0.5) is 0 Å². The normalized spacial score (nSPS) is 13.3. The molecule has 0 heterocycles. The van der Waals surface area contributed by atoms with E-state index in [4.69, 9.17) is 16.3 Å². The summed E-state index contributed by atoms with van der Waals surface area (Å²) in [4.78, 5) is 12.2. The number of hydrogen-bond donors (Lipinski definition) is 1. The minimum absolute atomic E-state index is 0.0732. The standard InChI is InChI=1S/C17H18ClNO2/c1-12(14-8-4-3-5-9-14)19-17(20)13(2)21-16-11-7-6-10-15(16)18/h3-13H,1-2H3,(H,19,20)/t12-,13+/m0/s1. The van der Waals surface area contributed by atoms with Crippen LogP contribution in [0.15, 0.2) is 54.6 Å². The van der Waals surface area contributed by atoms with E-state index in [1.807, 2.05) is 49.4 Å². The van der Waals surface area contributed by atoms with Crippen molar-refractivity contribution in [1.29, 1.82) is 0 Å². The van der Waals surface area contributed by atoms with Crippen LogP contribution in [0.3, 0.4) is 0 Å². The van der Waals surface area contributed by atoms with E-state index in [1.54, 1.807) is 19.1 Å². The number of amides is 1. The lowest BCUT2D eigenvalue weighted by Crippen LogP contribution is -2.37. The number of hydrogen-bond acceptors (Lipinski definition) is 2. The maximum atomic E-state index is 12.2. The van der Waals surface area contributed by atoms with Gasteiger partial charge in [-0.25, -0.2) is 0 Å². The third kappa shape index (κ3) is 4.23. The molecule has 0 radical (unpaired) electrons. The molecule has 4 heteroatoms. The van der Waals surface area contributed by atoms with E-state index in [0.29, 0.717) is 10.8 Å². The molecule has 0 aliphatic carbocycles. The van der Waals surface area contributed by atoms with Gasteiger partial charge in [-0.15, -0.1) is 0 Å². The van der Waals surface area contributed by atoms with Gasteiger partial charge in [-0.1, -0.05) is 54.1 Å². The summed E-state index contributed by atoms with van der Waals surface area (Å²) in [6, 6.07) is 16.8. The van der Waals surface area contributed by atoms with Gasteiger partial charge in [0, 0.05) is 0 Å². The molecule has 0 unspecified atom stereocenters. The van der Waals surface area contributed by atoms with Gasteiger partial charge in [0.1, 0.15) is 5.75 Å². The third-order valence-corrected chi connectivity index (χ3v) is 3.48. The Morgan fingerprint density at radius 1 is 1.05 bits per heavy atom. The largest absolute Gasteiger partial charge is 0.479 e. The Bertz CT molecular complexity index is 601. The number of nitrogens with one attached hydrogen (secondary N) is 1. The summed E-state index contributed by atoms with van der Waals surface area (Å²) < 4.78 is 5.60. The first-order valence-electron chi connectivity index (χ1n) is 6.84. The van der Waals surface area contributed by atoms with Crippen molar-refractivity contribution >= 4 is 17.5 Å². The Morgan fingerprint density at radius 3 is 2.33 bits per heavy atom. The zero-order chi connectivity index (χ0) is 15.2. The van der Waals surface area contributed by atoms with Crippen molar-refractivity contribution in [2.45, 2.75) is 26.0 Å². The minimum Gasteiger partial charge on any atom is -0.479 e. The van der Waals surface area contributed by atoms with Gasteiger partial charge in [0.25, 0.3) is 5.91 Å². The minimum atomic E-state index is -0.615. The zero-order valence-electron chi connectivity index (χ0n) is 12.0. The lowest BCUT2D eigenvalue weighted by Gasteiger charge is -2.19. The average molecular weight is 304 g/mol. The molecule has 110 valence electrons. The fourth-order valence-corrected chi connectivity index (χ4v) is 2.12. The summed E-state index contributed by atoms with van der Waals surface area (Å²) in [5.41, 5.74) is 1.05. The molecular weight excluding hydrogens is 286 g/mol. The van der Waals surface area contributed by atoms with Gasteiger partial charge in [0.2, 0.25) is 0 Å². The number of carbonyl (C=O) groups is 1. The van der Waals surface area contributed by atoms with E-state index in [1.165, 1.54) is 0 Å². The topological polar surface area (TPSA) is 38.3 Å². The highest BCUT2D eigenvalue weighted by atomic mass is 35.5. The second-order valence-electron chi connectivity index (χ2n) is 4.83. The number of rotatable bonds is 5. The Hall–Kier alpha value is -2.00. The number of para-hydroxylation sites is 1. The highest BCUT2D eigenvalue weighted by molar-refractivity contribution is 6.32. The van der Waals surface area contributed by atoms with Gasteiger partial charge in [-0.2, -0.15) is 0 Å². The maximum absolute atomic E-state index is 12.2.